The average molecular weight is 255 g/mol. The van der Waals surface area contributed by atoms with E-state index in [1.54, 1.807) is 18.9 Å². The third-order valence-corrected chi connectivity index (χ3v) is 2.87. The number of hydrogen-bond donors (Lipinski definition) is 1. The van der Waals surface area contributed by atoms with Gasteiger partial charge in [-0.1, -0.05) is 0 Å². The second kappa shape index (κ2) is 6.47. The molecule has 1 atom stereocenters. The molecule has 1 N–H and O–H groups in total. The number of likely N-dealkylation sites (N-methyl/N-ethyl adjacent to an activating group) is 1. The highest BCUT2D eigenvalue weighted by Crippen LogP contribution is 2.20. The highest BCUT2D eigenvalue weighted by Gasteiger charge is 2.17. The molecule has 0 aromatic heterocycles. The lowest BCUT2D eigenvalue weighted by molar-refractivity contribution is 0.0887. The van der Waals surface area contributed by atoms with E-state index in [1.807, 2.05) is 0 Å². The second-order valence-electron chi connectivity index (χ2n) is 4.21. The highest BCUT2D eigenvalue weighted by molar-refractivity contribution is 6.00. The van der Waals surface area contributed by atoms with Crippen LogP contribution in [0.4, 0.5) is 4.39 Å². The first-order valence-corrected chi connectivity index (χ1v) is 5.67. The molecule has 100 valence electrons. The van der Waals surface area contributed by atoms with Crippen molar-refractivity contribution in [3.8, 4) is 5.75 Å². The molecule has 0 saturated heterocycles. The van der Waals surface area contributed by atoms with Gasteiger partial charge in [0.15, 0.2) is 5.78 Å². The summed E-state index contributed by atoms with van der Waals surface area (Å²) < 4.78 is 18.2. The Labute approximate surface area is 106 Å². The van der Waals surface area contributed by atoms with E-state index in [2.05, 4.69) is 0 Å². The number of halogens is 1. The van der Waals surface area contributed by atoms with Gasteiger partial charge in [0.1, 0.15) is 11.6 Å². The average Bonchev–Trinajstić information content (AvgIpc) is 2.37. The maximum Gasteiger partial charge on any atom is 0.180 e. The molecule has 0 heterocycles. The van der Waals surface area contributed by atoms with Crippen LogP contribution in [0.3, 0.4) is 0 Å². The normalized spacial score (nSPS) is 12.6. The van der Waals surface area contributed by atoms with Gasteiger partial charge >= 0.3 is 0 Å². The van der Waals surface area contributed by atoms with Crippen molar-refractivity contribution in [2.24, 2.45) is 0 Å². The Morgan fingerprint density at radius 1 is 1.56 bits per heavy atom. The SMILES string of the molecule is COc1ccc(F)cc1C(=O)CN(C)C(C)CO. The number of aliphatic hydroxyl groups is 1. The van der Waals surface area contributed by atoms with Gasteiger partial charge in [0.05, 0.1) is 25.8 Å². The largest absolute Gasteiger partial charge is 0.496 e. The van der Waals surface area contributed by atoms with Crippen molar-refractivity contribution in [1.29, 1.82) is 0 Å². The first-order valence-electron chi connectivity index (χ1n) is 5.67. The predicted octanol–water partition coefficient (Wildman–Crippen LogP) is 1.33. The summed E-state index contributed by atoms with van der Waals surface area (Å²) in [6.45, 7) is 1.86. The number of carbonyl (C=O) groups excluding carboxylic acids is 1. The van der Waals surface area contributed by atoms with Crippen LogP contribution in [0.15, 0.2) is 18.2 Å². The van der Waals surface area contributed by atoms with Crippen molar-refractivity contribution in [3.05, 3.63) is 29.6 Å². The summed E-state index contributed by atoms with van der Waals surface area (Å²) in [5.74, 6) is -0.363. The monoisotopic (exact) mass is 255 g/mol. The van der Waals surface area contributed by atoms with Crippen LogP contribution in [0.25, 0.3) is 0 Å². The number of ether oxygens (including phenoxy) is 1. The van der Waals surface area contributed by atoms with Crippen LogP contribution in [-0.4, -0.2) is 49.1 Å². The zero-order valence-electron chi connectivity index (χ0n) is 10.8. The molecule has 1 rings (SSSR count). The Hall–Kier alpha value is -1.46. The molecule has 5 heteroatoms. The van der Waals surface area contributed by atoms with Crippen LogP contribution in [-0.2, 0) is 0 Å². The smallest absolute Gasteiger partial charge is 0.180 e. The van der Waals surface area contributed by atoms with Gasteiger partial charge in [-0.05, 0) is 32.2 Å². The zero-order valence-corrected chi connectivity index (χ0v) is 10.8. The van der Waals surface area contributed by atoms with Crippen LogP contribution < -0.4 is 4.74 Å². The Morgan fingerprint density at radius 3 is 2.78 bits per heavy atom. The van der Waals surface area contributed by atoms with Gasteiger partial charge in [0, 0.05) is 6.04 Å². The van der Waals surface area contributed by atoms with Crippen LogP contribution in [0, 0.1) is 5.82 Å². The number of hydrogen-bond acceptors (Lipinski definition) is 4. The molecular formula is C13H18FNO3. The van der Waals surface area contributed by atoms with Crippen molar-refractivity contribution in [1.82, 2.24) is 4.90 Å². The summed E-state index contributed by atoms with van der Waals surface area (Å²) in [7, 11) is 3.16. The molecular weight excluding hydrogens is 237 g/mol. The Bertz CT molecular complexity index is 423. The first kappa shape index (κ1) is 14.6. The lowest BCUT2D eigenvalue weighted by atomic mass is 10.1. The van der Waals surface area contributed by atoms with Gasteiger partial charge in [-0.15, -0.1) is 0 Å². The number of carbonyl (C=O) groups is 1. The third kappa shape index (κ3) is 3.51. The fourth-order valence-corrected chi connectivity index (χ4v) is 1.51. The molecule has 0 amide bonds. The highest BCUT2D eigenvalue weighted by atomic mass is 19.1. The van der Waals surface area contributed by atoms with Crippen molar-refractivity contribution in [2.75, 3.05) is 27.3 Å². The summed E-state index contributed by atoms with van der Waals surface area (Å²) in [6, 6.07) is 3.71. The molecule has 4 nitrogen and oxygen atoms in total. The van der Waals surface area contributed by atoms with E-state index >= 15 is 0 Å². The van der Waals surface area contributed by atoms with Crippen molar-refractivity contribution in [3.63, 3.8) is 0 Å². The second-order valence-corrected chi connectivity index (χ2v) is 4.21. The van der Waals surface area contributed by atoms with E-state index in [4.69, 9.17) is 9.84 Å². The number of Topliss-reactive ketones (excluding diaryl/α,β-unsaturated/α-hetero) is 1. The van der Waals surface area contributed by atoms with Gasteiger partial charge in [-0.2, -0.15) is 0 Å². The molecule has 0 aliphatic heterocycles. The van der Waals surface area contributed by atoms with Crippen LogP contribution in [0.5, 0.6) is 5.75 Å². The Morgan fingerprint density at radius 2 is 2.22 bits per heavy atom. The summed E-state index contributed by atoms with van der Waals surface area (Å²) >= 11 is 0. The summed E-state index contributed by atoms with van der Waals surface area (Å²) in [5.41, 5.74) is 0.217. The van der Waals surface area contributed by atoms with E-state index in [0.717, 1.165) is 0 Å². The van der Waals surface area contributed by atoms with Crippen LogP contribution >= 0.6 is 0 Å². The molecule has 1 unspecified atom stereocenters. The molecule has 1 aromatic carbocycles. The topological polar surface area (TPSA) is 49.8 Å². The van der Waals surface area contributed by atoms with E-state index in [1.165, 1.54) is 25.3 Å². The van der Waals surface area contributed by atoms with Gasteiger partial charge in [0.25, 0.3) is 0 Å². The summed E-state index contributed by atoms with van der Waals surface area (Å²) in [6.07, 6.45) is 0. The standard InChI is InChI=1S/C13H18FNO3/c1-9(8-16)15(2)7-12(17)11-6-10(14)4-5-13(11)18-3/h4-6,9,16H,7-8H2,1-3H3. The minimum Gasteiger partial charge on any atom is -0.496 e. The van der Waals surface area contributed by atoms with E-state index in [0.29, 0.717) is 5.75 Å². The van der Waals surface area contributed by atoms with Crippen molar-refractivity contribution in [2.45, 2.75) is 13.0 Å². The van der Waals surface area contributed by atoms with Gasteiger partial charge in [-0.3, -0.25) is 9.69 Å². The van der Waals surface area contributed by atoms with Crippen LogP contribution in [0.1, 0.15) is 17.3 Å². The molecule has 0 radical (unpaired) electrons. The first-order chi connectivity index (χ1) is 8.49. The Balaban J connectivity index is 2.87. The molecule has 1 aromatic rings. The number of ketones is 1. The van der Waals surface area contributed by atoms with Gasteiger partial charge in [0.2, 0.25) is 0 Å². The van der Waals surface area contributed by atoms with E-state index < -0.39 is 5.82 Å². The predicted molar refractivity (Wildman–Crippen MR) is 66.5 cm³/mol. The molecule has 0 bridgehead atoms. The quantitative estimate of drug-likeness (QED) is 0.779. The van der Waals surface area contributed by atoms with Crippen molar-refractivity contribution < 1.29 is 19.0 Å². The maximum atomic E-state index is 13.1. The molecule has 18 heavy (non-hydrogen) atoms. The molecule has 0 aliphatic carbocycles. The fraction of sp³-hybridized carbons (Fsp3) is 0.462. The molecule has 0 saturated carbocycles. The number of aliphatic hydroxyl groups excluding tert-OH is 1. The van der Waals surface area contributed by atoms with E-state index in [9.17, 15) is 9.18 Å². The minimum absolute atomic E-state index is 0.0376. The lowest BCUT2D eigenvalue weighted by Crippen LogP contribution is -2.36. The van der Waals surface area contributed by atoms with E-state index in [-0.39, 0.29) is 30.5 Å². The van der Waals surface area contributed by atoms with Gasteiger partial charge in [-0.25, -0.2) is 4.39 Å². The summed E-state index contributed by atoms with van der Waals surface area (Å²) in [5, 5.41) is 9.00. The maximum absolute atomic E-state index is 13.1. The van der Waals surface area contributed by atoms with Gasteiger partial charge < -0.3 is 9.84 Å². The zero-order chi connectivity index (χ0) is 13.7. The third-order valence-electron chi connectivity index (χ3n) is 2.87. The van der Waals surface area contributed by atoms with Crippen LogP contribution in [0.2, 0.25) is 0 Å². The molecule has 0 fully saturated rings. The molecule has 0 spiro atoms. The Kier molecular flexibility index (Phi) is 5.25. The minimum atomic E-state index is -0.475. The number of methoxy groups -OCH3 is 1. The van der Waals surface area contributed by atoms with Crippen molar-refractivity contribution >= 4 is 5.78 Å². The number of nitrogens with zero attached hydrogens (tertiary/aromatic N) is 1. The fourth-order valence-electron chi connectivity index (χ4n) is 1.51. The number of rotatable bonds is 6. The molecule has 0 aliphatic rings. The lowest BCUT2D eigenvalue weighted by Gasteiger charge is -2.22. The summed E-state index contributed by atoms with van der Waals surface area (Å²) in [4.78, 5) is 13.7. The number of benzene rings is 1.